The van der Waals surface area contributed by atoms with Gasteiger partial charge in [0.1, 0.15) is 4.88 Å². The van der Waals surface area contributed by atoms with E-state index in [1.54, 1.807) is 22.7 Å². The highest BCUT2D eigenvalue weighted by molar-refractivity contribution is 7.14. The molecular weight excluding hydrogens is 406 g/mol. The lowest BCUT2D eigenvalue weighted by molar-refractivity contribution is 0.0619. The van der Waals surface area contributed by atoms with Gasteiger partial charge < -0.3 is 9.42 Å². The van der Waals surface area contributed by atoms with Crippen molar-refractivity contribution in [2.24, 2.45) is 5.92 Å². The number of piperazine rings is 1. The van der Waals surface area contributed by atoms with Crippen LogP contribution in [0.1, 0.15) is 40.1 Å². The Balaban J connectivity index is 1.32. The number of rotatable bonds is 6. The molecular formula is C20H25N5O2S2. The molecule has 3 aromatic rings. The first-order chi connectivity index (χ1) is 14.0. The molecule has 3 aromatic heterocycles. The number of carbonyl (C=O) groups excluding carboxylic acids is 1. The second-order valence-electron chi connectivity index (χ2n) is 7.68. The predicted octanol–water partition coefficient (Wildman–Crippen LogP) is 3.72. The Morgan fingerprint density at radius 1 is 1.24 bits per heavy atom. The fraction of sp³-hybridized carbons (Fsp3) is 0.500. The van der Waals surface area contributed by atoms with Crippen molar-refractivity contribution in [3.05, 3.63) is 39.0 Å². The van der Waals surface area contributed by atoms with Gasteiger partial charge in [-0.25, -0.2) is 4.98 Å². The average molecular weight is 432 g/mol. The van der Waals surface area contributed by atoms with Gasteiger partial charge >= 0.3 is 0 Å². The van der Waals surface area contributed by atoms with Crippen LogP contribution in [-0.4, -0.2) is 57.0 Å². The fourth-order valence-electron chi connectivity index (χ4n) is 3.36. The second-order valence-corrected chi connectivity index (χ2v) is 9.71. The molecule has 0 N–H and O–H groups in total. The molecule has 29 heavy (non-hydrogen) atoms. The minimum atomic E-state index is 0.104. The summed E-state index contributed by atoms with van der Waals surface area (Å²) in [5.74, 6) is 1.90. The molecule has 9 heteroatoms. The maximum atomic E-state index is 13.0. The van der Waals surface area contributed by atoms with Crippen LogP contribution in [0.2, 0.25) is 0 Å². The van der Waals surface area contributed by atoms with Crippen LogP contribution < -0.4 is 0 Å². The van der Waals surface area contributed by atoms with Crippen LogP contribution in [0.5, 0.6) is 0 Å². The van der Waals surface area contributed by atoms with Crippen molar-refractivity contribution < 1.29 is 9.32 Å². The molecule has 0 saturated carbocycles. The summed E-state index contributed by atoms with van der Waals surface area (Å²) in [7, 11) is 0. The molecule has 154 valence electrons. The van der Waals surface area contributed by atoms with Gasteiger partial charge in [0.25, 0.3) is 5.91 Å². The molecule has 1 amide bonds. The minimum absolute atomic E-state index is 0.104. The summed E-state index contributed by atoms with van der Waals surface area (Å²) < 4.78 is 5.40. The normalized spacial score (nSPS) is 15.4. The number of aromatic nitrogens is 3. The summed E-state index contributed by atoms with van der Waals surface area (Å²) in [5.41, 5.74) is 0.852. The van der Waals surface area contributed by atoms with E-state index in [1.807, 2.05) is 29.3 Å². The number of thiazole rings is 1. The molecule has 0 atom stereocenters. The van der Waals surface area contributed by atoms with Crippen LogP contribution in [0.25, 0.3) is 10.7 Å². The maximum absolute atomic E-state index is 13.0. The van der Waals surface area contributed by atoms with Crippen molar-refractivity contribution in [1.29, 1.82) is 0 Å². The molecule has 1 aliphatic rings. The van der Waals surface area contributed by atoms with Crippen LogP contribution >= 0.6 is 22.7 Å². The van der Waals surface area contributed by atoms with Gasteiger partial charge in [-0.15, -0.1) is 22.7 Å². The fourth-order valence-corrected chi connectivity index (χ4v) is 5.25. The Morgan fingerprint density at radius 3 is 2.72 bits per heavy atom. The smallest absolute Gasteiger partial charge is 0.265 e. The van der Waals surface area contributed by atoms with Gasteiger partial charge in [-0.3, -0.25) is 9.69 Å². The first kappa shape index (κ1) is 20.2. The quantitative estimate of drug-likeness (QED) is 0.592. The zero-order valence-electron chi connectivity index (χ0n) is 16.9. The van der Waals surface area contributed by atoms with Crippen LogP contribution in [0, 0.1) is 12.8 Å². The number of amides is 1. The van der Waals surface area contributed by atoms with E-state index < -0.39 is 0 Å². The molecule has 0 bridgehead atoms. The monoisotopic (exact) mass is 431 g/mol. The Bertz CT molecular complexity index is 956. The van der Waals surface area contributed by atoms with Crippen molar-refractivity contribution in [2.75, 3.05) is 26.2 Å². The van der Waals surface area contributed by atoms with Crippen molar-refractivity contribution in [1.82, 2.24) is 24.9 Å². The van der Waals surface area contributed by atoms with Crippen LogP contribution in [0.4, 0.5) is 0 Å². The molecule has 0 unspecified atom stereocenters. The standard InChI is InChI=1S/C20H25N5O2S2/c1-13(2)11-17-21-14(3)18(29-17)20(26)25-8-6-24(7-9-25)12-16-22-19(23-27-16)15-5-4-10-28-15/h4-5,10,13H,6-9,11-12H2,1-3H3. The summed E-state index contributed by atoms with van der Waals surface area (Å²) in [5, 5.41) is 7.12. The van der Waals surface area contributed by atoms with E-state index in [4.69, 9.17) is 4.52 Å². The van der Waals surface area contributed by atoms with Crippen LogP contribution in [-0.2, 0) is 13.0 Å². The van der Waals surface area contributed by atoms with E-state index in [-0.39, 0.29) is 5.91 Å². The number of aryl methyl sites for hydroxylation is 1. The highest BCUT2D eigenvalue weighted by Gasteiger charge is 2.26. The zero-order chi connectivity index (χ0) is 20.4. The third-order valence-electron chi connectivity index (χ3n) is 4.85. The summed E-state index contributed by atoms with van der Waals surface area (Å²) in [6.45, 7) is 9.86. The molecule has 0 radical (unpaired) electrons. The molecule has 7 nitrogen and oxygen atoms in total. The molecule has 0 aliphatic carbocycles. The first-order valence-corrected chi connectivity index (χ1v) is 11.5. The molecule has 0 spiro atoms. The summed E-state index contributed by atoms with van der Waals surface area (Å²) in [6, 6.07) is 3.96. The van der Waals surface area contributed by atoms with Gasteiger partial charge in [0.15, 0.2) is 0 Å². The average Bonchev–Trinajstić information content (AvgIpc) is 3.42. The number of nitrogens with zero attached hydrogens (tertiary/aromatic N) is 5. The van der Waals surface area contributed by atoms with E-state index in [0.29, 0.717) is 37.3 Å². The van der Waals surface area contributed by atoms with Crippen molar-refractivity contribution in [3.63, 3.8) is 0 Å². The van der Waals surface area contributed by atoms with Crippen LogP contribution in [0.3, 0.4) is 0 Å². The lowest BCUT2D eigenvalue weighted by Crippen LogP contribution is -2.48. The maximum Gasteiger partial charge on any atom is 0.265 e. The van der Waals surface area contributed by atoms with E-state index in [9.17, 15) is 4.79 Å². The van der Waals surface area contributed by atoms with Gasteiger partial charge in [-0.2, -0.15) is 4.98 Å². The topological polar surface area (TPSA) is 75.4 Å². The summed E-state index contributed by atoms with van der Waals surface area (Å²) >= 11 is 3.14. The lowest BCUT2D eigenvalue weighted by Gasteiger charge is -2.33. The van der Waals surface area contributed by atoms with E-state index in [1.165, 1.54) is 0 Å². The van der Waals surface area contributed by atoms with E-state index in [2.05, 4.69) is 33.9 Å². The zero-order valence-corrected chi connectivity index (χ0v) is 18.6. The lowest BCUT2D eigenvalue weighted by atomic mass is 10.1. The number of hydrogen-bond donors (Lipinski definition) is 0. The Morgan fingerprint density at radius 2 is 2.03 bits per heavy atom. The largest absolute Gasteiger partial charge is 0.338 e. The van der Waals surface area contributed by atoms with Crippen LogP contribution in [0.15, 0.2) is 22.0 Å². The summed E-state index contributed by atoms with van der Waals surface area (Å²) in [4.78, 5) is 28.0. The second kappa shape index (κ2) is 8.73. The molecule has 1 aliphatic heterocycles. The molecule has 0 aromatic carbocycles. The van der Waals surface area contributed by atoms with Gasteiger partial charge in [0.05, 0.1) is 22.1 Å². The molecule has 4 heterocycles. The van der Waals surface area contributed by atoms with Gasteiger partial charge in [-0.1, -0.05) is 25.1 Å². The molecule has 1 fully saturated rings. The number of thiophene rings is 1. The Kier molecular flexibility index (Phi) is 6.07. The Labute approximate surface area is 178 Å². The van der Waals surface area contributed by atoms with Crippen molar-refractivity contribution in [2.45, 2.75) is 33.7 Å². The molecule has 4 rings (SSSR count). The SMILES string of the molecule is Cc1nc(CC(C)C)sc1C(=O)N1CCN(Cc2nc(-c3cccs3)no2)CC1. The number of hydrogen-bond acceptors (Lipinski definition) is 8. The highest BCUT2D eigenvalue weighted by atomic mass is 32.1. The summed E-state index contributed by atoms with van der Waals surface area (Å²) in [6.07, 6.45) is 0.921. The molecule has 1 saturated heterocycles. The van der Waals surface area contributed by atoms with Gasteiger partial charge in [0, 0.05) is 32.6 Å². The first-order valence-electron chi connectivity index (χ1n) is 9.84. The third kappa shape index (κ3) is 4.73. The Hall–Kier alpha value is -2.10. The highest BCUT2D eigenvalue weighted by Crippen LogP contribution is 2.24. The number of carbonyl (C=O) groups is 1. The van der Waals surface area contributed by atoms with Crippen molar-refractivity contribution >= 4 is 28.6 Å². The van der Waals surface area contributed by atoms with Crippen molar-refractivity contribution in [3.8, 4) is 10.7 Å². The minimum Gasteiger partial charge on any atom is -0.338 e. The predicted molar refractivity (Wildman–Crippen MR) is 114 cm³/mol. The third-order valence-corrected chi connectivity index (χ3v) is 6.88. The van der Waals surface area contributed by atoms with Gasteiger partial charge in [0.2, 0.25) is 11.7 Å². The van der Waals surface area contributed by atoms with Gasteiger partial charge in [-0.05, 0) is 24.3 Å². The van der Waals surface area contributed by atoms with E-state index >= 15 is 0 Å². The van der Waals surface area contributed by atoms with E-state index in [0.717, 1.165) is 40.0 Å².